The number of para-hydroxylation sites is 1. The Labute approximate surface area is 172 Å². The number of rotatable bonds is 6. The van der Waals surface area contributed by atoms with Crippen LogP contribution in [0.25, 0.3) is 5.69 Å². The first-order valence-corrected chi connectivity index (χ1v) is 9.64. The van der Waals surface area contributed by atoms with Gasteiger partial charge < -0.3 is 5.32 Å². The van der Waals surface area contributed by atoms with Crippen molar-refractivity contribution < 1.29 is 4.79 Å². The van der Waals surface area contributed by atoms with E-state index in [2.05, 4.69) is 10.4 Å². The number of aromatic nitrogens is 3. The van der Waals surface area contributed by atoms with Crippen LogP contribution in [0.1, 0.15) is 36.3 Å². The van der Waals surface area contributed by atoms with Crippen molar-refractivity contribution in [2.75, 3.05) is 0 Å². The average molecular weight is 413 g/mol. The minimum atomic E-state index is -0.761. The van der Waals surface area contributed by atoms with E-state index in [1.807, 2.05) is 13.8 Å². The van der Waals surface area contributed by atoms with Gasteiger partial charge in [-0.15, -0.1) is 0 Å². The normalized spacial score (nSPS) is 11.8. The molecule has 0 saturated carbocycles. The zero-order chi connectivity index (χ0) is 21.0. The van der Waals surface area contributed by atoms with Crippen LogP contribution < -0.4 is 16.6 Å². The topological polar surface area (TPSA) is 86.0 Å². The summed E-state index contributed by atoms with van der Waals surface area (Å²) >= 11 is 6.21. The Balaban J connectivity index is 2.19. The van der Waals surface area contributed by atoms with Gasteiger partial charge in [-0.25, -0.2) is 4.79 Å². The van der Waals surface area contributed by atoms with E-state index in [0.29, 0.717) is 22.7 Å². The number of amides is 1. The number of nitrogens with one attached hydrogen (secondary N) is 1. The highest BCUT2D eigenvalue weighted by molar-refractivity contribution is 6.31. The molecule has 3 aromatic rings. The molecule has 0 bridgehead atoms. The van der Waals surface area contributed by atoms with Crippen molar-refractivity contribution in [2.24, 2.45) is 0 Å². The van der Waals surface area contributed by atoms with Crippen LogP contribution in [-0.2, 0) is 6.54 Å². The maximum Gasteiger partial charge on any atom is 0.352 e. The summed E-state index contributed by atoms with van der Waals surface area (Å²) in [5.41, 5.74) is -0.722. The minimum Gasteiger partial charge on any atom is -0.348 e. The lowest BCUT2D eigenvalue weighted by Crippen LogP contribution is -2.47. The van der Waals surface area contributed by atoms with Gasteiger partial charge in [0, 0.05) is 11.1 Å². The van der Waals surface area contributed by atoms with Crippen molar-refractivity contribution >= 4 is 17.5 Å². The molecule has 0 radical (unpaired) electrons. The molecule has 1 atom stereocenters. The summed E-state index contributed by atoms with van der Waals surface area (Å²) in [4.78, 5) is 38.7. The van der Waals surface area contributed by atoms with Gasteiger partial charge in [0.25, 0.3) is 11.5 Å². The summed E-state index contributed by atoms with van der Waals surface area (Å²) in [6.07, 6.45) is 0.692. The first kappa shape index (κ1) is 20.5. The number of benzene rings is 2. The Morgan fingerprint density at radius 3 is 2.41 bits per heavy atom. The molecule has 1 N–H and O–H groups in total. The highest BCUT2D eigenvalue weighted by atomic mass is 35.5. The third kappa shape index (κ3) is 4.46. The lowest BCUT2D eigenvalue weighted by atomic mass is 10.2. The Hall–Kier alpha value is -3.19. The van der Waals surface area contributed by atoms with Crippen molar-refractivity contribution in [2.45, 2.75) is 32.9 Å². The van der Waals surface area contributed by atoms with Gasteiger partial charge >= 0.3 is 5.69 Å². The fraction of sp³-hybridized carbons (Fsp3) is 0.238. The molecule has 0 aliphatic heterocycles. The number of carbonyl (C=O) groups excluding carboxylic acids is 1. The third-order valence-corrected chi connectivity index (χ3v) is 4.92. The number of halogens is 1. The van der Waals surface area contributed by atoms with E-state index in [1.165, 1.54) is 0 Å². The number of nitrogens with zero attached hydrogens (tertiary/aromatic N) is 3. The SMILES string of the molecule is CCC(C)NC(=O)c1nn(-c2ccccc2)c(=O)n(Cc2ccccc2Cl)c1=O. The van der Waals surface area contributed by atoms with E-state index >= 15 is 0 Å². The summed E-state index contributed by atoms with van der Waals surface area (Å²) < 4.78 is 2.04. The van der Waals surface area contributed by atoms with Gasteiger partial charge in [0.05, 0.1) is 12.2 Å². The average Bonchev–Trinajstić information content (AvgIpc) is 2.73. The quantitative estimate of drug-likeness (QED) is 0.674. The standard InChI is InChI=1S/C21H21ClN4O3/c1-3-14(2)23-19(27)18-20(28)25(13-15-9-7-8-12-17(15)22)21(29)26(24-18)16-10-5-4-6-11-16/h4-12,14H,3,13H2,1-2H3,(H,23,27). The molecule has 1 unspecified atom stereocenters. The molecule has 2 aromatic carbocycles. The summed E-state index contributed by atoms with van der Waals surface area (Å²) in [7, 11) is 0. The van der Waals surface area contributed by atoms with Gasteiger partial charge in [0.2, 0.25) is 5.69 Å². The molecule has 3 rings (SSSR count). The van der Waals surface area contributed by atoms with E-state index in [0.717, 1.165) is 9.25 Å². The highest BCUT2D eigenvalue weighted by Gasteiger charge is 2.21. The molecule has 1 heterocycles. The molecule has 8 heteroatoms. The van der Waals surface area contributed by atoms with Gasteiger partial charge in [0.1, 0.15) is 0 Å². The zero-order valence-electron chi connectivity index (χ0n) is 16.1. The molecule has 0 aliphatic rings. The second kappa shape index (κ2) is 8.87. The molecular formula is C21H21ClN4O3. The molecule has 29 heavy (non-hydrogen) atoms. The van der Waals surface area contributed by atoms with Gasteiger partial charge in [0.15, 0.2) is 0 Å². The van der Waals surface area contributed by atoms with Gasteiger partial charge in [-0.2, -0.15) is 9.78 Å². The zero-order valence-corrected chi connectivity index (χ0v) is 16.9. The maximum atomic E-state index is 13.0. The fourth-order valence-corrected chi connectivity index (χ4v) is 2.92. The predicted molar refractivity (Wildman–Crippen MR) is 112 cm³/mol. The Kier molecular flexibility index (Phi) is 6.29. The fourth-order valence-electron chi connectivity index (χ4n) is 2.73. The smallest absolute Gasteiger partial charge is 0.348 e. The van der Waals surface area contributed by atoms with Crippen LogP contribution in [0.2, 0.25) is 5.02 Å². The van der Waals surface area contributed by atoms with Crippen molar-refractivity contribution in [3.05, 3.63) is 91.7 Å². The summed E-state index contributed by atoms with van der Waals surface area (Å²) in [6.45, 7) is 3.67. The van der Waals surface area contributed by atoms with Crippen LogP contribution in [0.4, 0.5) is 0 Å². The van der Waals surface area contributed by atoms with E-state index < -0.39 is 17.2 Å². The predicted octanol–water partition coefficient (Wildman–Crippen LogP) is 2.62. The van der Waals surface area contributed by atoms with Gasteiger partial charge in [-0.3, -0.25) is 14.2 Å². The van der Waals surface area contributed by atoms with Crippen molar-refractivity contribution in [3.63, 3.8) is 0 Å². The molecule has 0 spiro atoms. The van der Waals surface area contributed by atoms with E-state index in [1.54, 1.807) is 54.6 Å². The molecule has 150 valence electrons. The Bertz CT molecular complexity index is 1140. The van der Waals surface area contributed by atoms with Crippen LogP contribution in [0.15, 0.2) is 64.2 Å². The number of carbonyl (C=O) groups is 1. The van der Waals surface area contributed by atoms with Crippen LogP contribution in [-0.4, -0.2) is 26.3 Å². The van der Waals surface area contributed by atoms with Crippen LogP contribution >= 0.6 is 11.6 Å². The molecule has 0 fully saturated rings. The minimum absolute atomic E-state index is 0.0731. The van der Waals surface area contributed by atoms with E-state index in [-0.39, 0.29) is 18.3 Å². The molecular weight excluding hydrogens is 392 g/mol. The van der Waals surface area contributed by atoms with Crippen LogP contribution in [0, 0.1) is 0 Å². The maximum absolute atomic E-state index is 13.0. The lowest BCUT2D eigenvalue weighted by Gasteiger charge is -2.14. The Morgan fingerprint density at radius 1 is 1.10 bits per heavy atom. The van der Waals surface area contributed by atoms with Crippen molar-refractivity contribution in [1.29, 1.82) is 0 Å². The second-order valence-corrected chi connectivity index (χ2v) is 7.05. The summed E-state index contributed by atoms with van der Waals surface area (Å²) in [6, 6.07) is 15.4. The third-order valence-electron chi connectivity index (χ3n) is 4.55. The molecule has 7 nitrogen and oxygen atoms in total. The first-order chi connectivity index (χ1) is 13.9. The Morgan fingerprint density at radius 2 is 1.76 bits per heavy atom. The second-order valence-electron chi connectivity index (χ2n) is 6.64. The molecule has 1 aromatic heterocycles. The number of hydrogen-bond acceptors (Lipinski definition) is 4. The van der Waals surface area contributed by atoms with Crippen molar-refractivity contribution in [1.82, 2.24) is 19.7 Å². The number of hydrogen-bond donors (Lipinski definition) is 1. The van der Waals surface area contributed by atoms with E-state index in [9.17, 15) is 14.4 Å². The summed E-state index contributed by atoms with van der Waals surface area (Å²) in [5, 5.41) is 7.23. The van der Waals surface area contributed by atoms with Gasteiger partial charge in [-0.05, 0) is 37.1 Å². The van der Waals surface area contributed by atoms with E-state index in [4.69, 9.17) is 11.6 Å². The lowest BCUT2D eigenvalue weighted by molar-refractivity contribution is 0.0929. The van der Waals surface area contributed by atoms with Crippen LogP contribution in [0.3, 0.4) is 0 Å². The molecule has 0 saturated heterocycles. The first-order valence-electron chi connectivity index (χ1n) is 9.26. The van der Waals surface area contributed by atoms with Crippen LogP contribution in [0.5, 0.6) is 0 Å². The largest absolute Gasteiger partial charge is 0.352 e. The van der Waals surface area contributed by atoms with Crippen molar-refractivity contribution in [3.8, 4) is 5.69 Å². The monoisotopic (exact) mass is 412 g/mol. The summed E-state index contributed by atoms with van der Waals surface area (Å²) in [5.74, 6) is -0.623. The molecule has 0 aliphatic carbocycles. The van der Waals surface area contributed by atoms with Gasteiger partial charge in [-0.1, -0.05) is 54.9 Å². The molecule has 1 amide bonds. The highest BCUT2D eigenvalue weighted by Crippen LogP contribution is 2.15.